The molecule has 0 bridgehead atoms. The SMILES string of the molecule is O=C(Nc1ccc(Cn2cncn2)cc1)c1ccc([N+](=O)[O-])cc1F. The third-order valence-electron chi connectivity index (χ3n) is 3.43. The van der Waals surface area contributed by atoms with Crippen LogP contribution in [0.4, 0.5) is 15.8 Å². The lowest BCUT2D eigenvalue weighted by molar-refractivity contribution is -0.385. The molecule has 0 aliphatic rings. The number of nitro groups is 1. The molecule has 0 atom stereocenters. The van der Waals surface area contributed by atoms with Crippen molar-refractivity contribution in [1.82, 2.24) is 14.8 Å². The van der Waals surface area contributed by atoms with E-state index in [0.717, 1.165) is 23.8 Å². The van der Waals surface area contributed by atoms with Gasteiger partial charge in [-0.25, -0.2) is 14.1 Å². The Bertz CT molecular complexity index is 910. The Hall–Kier alpha value is -3.62. The molecule has 0 saturated heterocycles. The molecule has 0 aliphatic heterocycles. The number of nitrogens with zero attached hydrogens (tertiary/aromatic N) is 4. The lowest BCUT2D eigenvalue weighted by Gasteiger charge is -2.07. The maximum Gasteiger partial charge on any atom is 0.272 e. The zero-order chi connectivity index (χ0) is 17.8. The minimum absolute atomic E-state index is 0.266. The van der Waals surface area contributed by atoms with Crippen molar-refractivity contribution in [2.75, 3.05) is 5.32 Å². The number of hydrogen-bond donors (Lipinski definition) is 1. The quantitative estimate of drug-likeness (QED) is 0.567. The van der Waals surface area contributed by atoms with Gasteiger partial charge in [0.15, 0.2) is 0 Å². The van der Waals surface area contributed by atoms with Crippen molar-refractivity contribution in [3.63, 3.8) is 0 Å². The van der Waals surface area contributed by atoms with Gasteiger partial charge >= 0.3 is 0 Å². The van der Waals surface area contributed by atoms with Crippen molar-refractivity contribution in [3.8, 4) is 0 Å². The standard InChI is InChI=1S/C16H12FN5O3/c17-15-7-13(22(24)25)5-6-14(15)16(23)20-12-3-1-11(2-4-12)8-21-10-18-9-19-21/h1-7,9-10H,8H2,(H,20,23). The van der Waals surface area contributed by atoms with Crippen molar-refractivity contribution in [3.05, 3.63) is 82.2 Å². The minimum atomic E-state index is -0.950. The first-order chi connectivity index (χ1) is 12.0. The molecule has 1 N–H and O–H groups in total. The van der Waals surface area contributed by atoms with Crippen LogP contribution in [0, 0.1) is 15.9 Å². The summed E-state index contributed by atoms with van der Waals surface area (Å²) in [7, 11) is 0. The maximum atomic E-state index is 13.9. The lowest BCUT2D eigenvalue weighted by Crippen LogP contribution is -2.14. The Balaban J connectivity index is 1.69. The van der Waals surface area contributed by atoms with Crippen LogP contribution >= 0.6 is 0 Å². The number of amides is 1. The molecule has 2 aromatic carbocycles. The lowest BCUT2D eigenvalue weighted by atomic mass is 10.1. The first-order valence-electron chi connectivity index (χ1n) is 7.19. The summed E-state index contributed by atoms with van der Waals surface area (Å²) < 4.78 is 15.5. The molecule has 3 rings (SSSR count). The van der Waals surface area contributed by atoms with Crippen molar-refractivity contribution in [2.45, 2.75) is 6.54 Å². The second kappa shape index (κ2) is 6.87. The van der Waals surface area contributed by atoms with E-state index < -0.39 is 22.3 Å². The van der Waals surface area contributed by atoms with E-state index in [1.807, 2.05) is 0 Å². The third kappa shape index (κ3) is 3.83. The molecule has 9 heteroatoms. The zero-order valence-corrected chi connectivity index (χ0v) is 12.8. The number of aromatic nitrogens is 3. The van der Waals surface area contributed by atoms with Crippen molar-refractivity contribution < 1.29 is 14.1 Å². The second-order valence-electron chi connectivity index (χ2n) is 5.17. The van der Waals surface area contributed by atoms with Gasteiger partial charge in [-0.05, 0) is 23.8 Å². The van der Waals surface area contributed by atoms with Gasteiger partial charge in [-0.2, -0.15) is 5.10 Å². The van der Waals surface area contributed by atoms with Crippen LogP contribution in [-0.4, -0.2) is 25.6 Å². The van der Waals surface area contributed by atoms with E-state index >= 15 is 0 Å². The summed E-state index contributed by atoms with van der Waals surface area (Å²) in [5.41, 5.74) is 0.749. The second-order valence-corrected chi connectivity index (χ2v) is 5.17. The van der Waals surface area contributed by atoms with E-state index in [0.29, 0.717) is 12.2 Å². The van der Waals surface area contributed by atoms with Crippen molar-refractivity contribution >= 4 is 17.3 Å². The number of hydrogen-bond acceptors (Lipinski definition) is 5. The van der Waals surface area contributed by atoms with Crippen LogP contribution in [0.5, 0.6) is 0 Å². The fourth-order valence-corrected chi connectivity index (χ4v) is 2.20. The van der Waals surface area contributed by atoms with Gasteiger partial charge in [0, 0.05) is 11.8 Å². The average molecular weight is 341 g/mol. The molecule has 0 saturated carbocycles. The molecule has 0 fully saturated rings. The fraction of sp³-hybridized carbons (Fsp3) is 0.0625. The summed E-state index contributed by atoms with van der Waals surface area (Å²) in [6.07, 6.45) is 3.03. The van der Waals surface area contributed by atoms with Crippen molar-refractivity contribution in [2.24, 2.45) is 0 Å². The number of rotatable bonds is 5. The number of carbonyl (C=O) groups is 1. The Morgan fingerprint density at radius 2 is 2.00 bits per heavy atom. The zero-order valence-electron chi connectivity index (χ0n) is 12.8. The third-order valence-corrected chi connectivity index (χ3v) is 3.43. The number of halogens is 1. The minimum Gasteiger partial charge on any atom is -0.322 e. The summed E-state index contributed by atoms with van der Waals surface area (Å²) in [6.45, 7) is 0.533. The summed E-state index contributed by atoms with van der Waals surface area (Å²) in [4.78, 5) is 25.8. The molecule has 1 aromatic heterocycles. The molecular weight excluding hydrogens is 329 g/mol. The van der Waals surface area contributed by atoms with E-state index in [9.17, 15) is 19.3 Å². The van der Waals surface area contributed by atoms with Gasteiger partial charge in [0.1, 0.15) is 18.5 Å². The van der Waals surface area contributed by atoms with Crippen LogP contribution < -0.4 is 5.32 Å². The largest absolute Gasteiger partial charge is 0.322 e. The number of nitro benzene ring substituents is 1. The van der Waals surface area contributed by atoms with E-state index in [-0.39, 0.29) is 5.56 Å². The highest BCUT2D eigenvalue weighted by Crippen LogP contribution is 2.18. The number of non-ortho nitro benzene ring substituents is 1. The Labute approximate surface area is 141 Å². The molecule has 3 aromatic rings. The Morgan fingerprint density at radius 3 is 2.60 bits per heavy atom. The summed E-state index contributed by atoms with van der Waals surface area (Å²) in [6, 6.07) is 9.82. The van der Waals surface area contributed by atoms with Gasteiger partial charge in [0.2, 0.25) is 0 Å². The number of nitrogens with one attached hydrogen (secondary N) is 1. The number of anilines is 1. The first kappa shape index (κ1) is 16.2. The van der Waals surface area contributed by atoms with Gasteiger partial charge in [0.25, 0.3) is 11.6 Å². The smallest absolute Gasteiger partial charge is 0.272 e. The van der Waals surface area contributed by atoms with E-state index in [4.69, 9.17) is 0 Å². The molecular formula is C16H12FN5O3. The van der Waals surface area contributed by atoms with Gasteiger partial charge in [-0.1, -0.05) is 12.1 Å². The van der Waals surface area contributed by atoms with Crippen LogP contribution in [-0.2, 0) is 6.54 Å². The molecule has 8 nitrogen and oxygen atoms in total. The monoisotopic (exact) mass is 341 g/mol. The first-order valence-corrected chi connectivity index (χ1v) is 7.19. The molecule has 1 heterocycles. The summed E-state index contributed by atoms with van der Waals surface area (Å²) in [5.74, 6) is -1.63. The average Bonchev–Trinajstić information content (AvgIpc) is 3.09. The van der Waals surface area contributed by atoms with Crippen molar-refractivity contribution in [1.29, 1.82) is 0 Å². The van der Waals surface area contributed by atoms with Gasteiger partial charge in [-0.15, -0.1) is 0 Å². The molecule has 1 amide bonds. The Kier molecular flexibility index (Phi) is 4.46. The maximum absolute atomic E-state index is 13.9. The highest BCUT2D eigenvalue weighted by molar-refractivity contribution is 6.04. The molecule has 25 heavy (non-hydrogen) atoms. The van der Waals surface area contributed by atoms with Gasteiger partial charge < -0.3 is 5.32 Å². The Morgan fingerprint density at radius 1 is 1.24 bits per heavy atom. The number of carbonyl (C=O) groups excluding carboxylic acids is 1. The van der Waals surface area contributed by atoms with E-state index in [1.165, 1.54) is 6.33 Å². The van der Waals surface area contributed by atoms with Crippen LogP contribution in [0.2, 0.25) is 0 Å². The number of benzene rings is 2. The molecule has 0 unspecified atom stereocenters. The highest BCUT2D eigenvalue weighted by Gasteiger charge is 2.16. The highest BCUT2D eigenvalue weighted by atomic mass is 19.1. The normalized spacial score (nSPS) is 10.4. The van der Waals surface area contributed by atoms with Crippen LogP contribution in [0.1, 0.15) is 15.9 Å². The summed E-state index contributed by atoms with van der Waals surface area (Å²) >= 11 is 0. The molecule has 126 valence electrons. The van der Waals surface area contributed by atoms with Crippen LogP contribution in [0.25, 0.3) is 0 Å². The molecule has 0 radical (unpaired) electrons. The molecule has 0 spiro atoms. The topological polar surface area (TPSA) is 103 Å². The van der Waals surface area contributed by atoms with Crippen LogP contribution in [0.15, 0.2) is 55.1 Å². The van der Waals surface area contributed by atoms with E-state index in [1.54, 1.807) is 35.3 Å². The van der Waals surface area contributed by atoms with E-state index in [2.05, 4.69) is 15.4 Å². The van der Waals surface area contributed by atoms with Crippen LogP contribution in [0.3, 0.4) is 0 Å². The predicted octanol–water partition coefficient (Wildman–Crippen LogP) is 2.63. The fourth-order valence-electron chi connectivity index (χ4n) is 2.20. The summed E-state index contributed by atoms with van der Waals surface area (Å²) in [5, 5.41) is 17.1. The van der Waals surface area contributed by atoms with Gasteiger partial charge in [-0.3, -0.25) is 14.9 Å². The molecule has 0 aliphatic carbocycles. The predicted molar refractivity (Wildman–Crippen MR) is 86.6 cm³/mol. The van der Waals surface area contributed by atoms with Gasteiger partial charge in [0.05, 0.1) is 23.1 Å².